The summed E-state index contributed by atoms with van der Waals surface area (Å²) in [6.07, 6.45) is 0. The van der Waals surface area contributed by atoms with Crippen LogP contribution >= 0.6 is 15.6 Å². The number of rotatable bonds is 0. The molecule has 0 atom stereocenters. The summed E-state index contributed by atoms with van der Waals surface area (Å²) in [7, 11) is -13.9. The maximum atomic E-state index is 8.88. The molecule has 0 saturated heterocycles. The van der Waals surface area contributed by atoms with Crippen molar-refractivity contribution < 1.29 is 56.0 Å². The Morgan fingerprint density at radius 2 is 0.524 bits per heavy atom. The second-order valence-corrected chi connectivity index (χ2v) is 4.42. The average molecular weight is 396 g/mol. The second-order valence-electron chi connectivity index (χ2n) is 1.47. The molecule has 0 aromatic rings. The molecule has 26 N–H and O–H groups in total. The first kappa shape index (κ1) is 58.5. The predicted molar refractivity (Wildman–Crippen MR) is 72.8 cm³/mol. The van der Waals surface area contributed by atoms with E-state index in [0.29, 0.717) is 0 Å². The fraction of sp³-hybridized carbons (Fsp3) is 0. The first-order valence-electron chi connectivity index (χ1n) is 2.26. The van der Waals surface area contributed by atoms with Gasteiger partial charge in [0, 0.05) is 0 Å². The van der Waals surface area contributed by atoms with Gasteiger partial charge < -0.3 is 66.3 Å². The van der Waals surface area contributed by atoms with Crippen LogP contribution in [0.1, 0.15) is 0 Å². The zero-order chi connectivity index (χ0) is 13.5. The van der Waals surface area contributed by atoms with Gasteiger partial charge in [0.15, 0.2) is 0 Å². The Kier molecular flexibility index (Phi) is 61.7. The second kappa shape index (κ2) is 22.1. The van der Waals surface area contributed by atoms with Crippen LogP contribution in [0.25, 0.3) is 0 Å². The minimum Gasteiger partial charge on any atom is -0.344 e. The molecule has 0 aliphatic carbocycles. The Morgan fingerprint density at radius 3 is 0.524 bits per heavy atom. The Bertz CT molecular complexity index is 296. The Labute approximate surface area is 120 Å². The van der Waals surface area contributed by atoms with E-state index in [1.165, 1.54) is 0 Å². The molecule has 0 radical (unpaired) electrons. The van der Waals surface area contributed by atoms with E-state index < -0.39 is 26.0 Å². The molecule has 0 saturated carbocycles. The standard InChI is InChI=1S/6H3N.2H3O4P.H2O4S/c;;;;;;3*1-5(2,3)4/h6*1H3;2*(H3,1,2,3,4);(H2,1,2,3,4). The zero-order valence-corrected chi connectivity index (χ0v) is 13.4. The molecule has 144 valence electrons. The molecule has 21 heteroatoms. The summed E-state index contributed by atoms with van der Waals surface area (Å²) in [5.74, 6) is 0. The van der Waals surface area contributed by atoms with Crippen molar-refractivity contribution in [1.29, 1.82) is 0 Å². The molecule has 0 rings (SSSR count). The molecule has 0 spiro atoms. The van der Waals surface area contributed by atoms with Crippen LogP contribution in [0.5, 0.6) is 0 Å². The predicted octanol–water partition coefficient (Wildman–Crippen LogP) is -1.54. The normalized spacial score (nSPS) is 8.38. The summed E-state index contributed by atoms with van der Waals surface area (Å²) < 4.78 is 49.3. The van der Waals surface area contributed by atoms with Gasteiger partial charge in [-0.15, -0.1) is 0 Å². The third kappa shape index (κ3) is 281000. The van der Waals surface area contributed by atoms with Crippen LogP contribution in [0, 0.1) is 0 Å². The van der Waals surface area contributed by atoms with Crippen LogP contribution in [0.3, 0.4) is 0 Å². The monoisotopic (exact) mass is 396 g/mol. The van der Waals surface area contributed by atoms with Gasteiger partial charge in [-0.05, 0) is 0 Å². The van der Waals surface area contributed by atoms with Gasteiger partial charge in [0.1, 0.15) is 0 Å². The zero-order valence-electron chi connectivity index (χ0n) is 10.8. The van der Waals surface area contributed by atoms with Crippen molar-refractivity contribution in [1.82, 2.24) is 36.9 Å². The third-order valence-corrected chi connectivity index (χ3v) is 0. The molecule has 0 aliphatic heterocycles. The fourth-order valence-corrected chi connectivity index (χ4v) is 0. The van der Waals surface area contributed by atoms with E-state index in [2.05, 4.69) is 0 Å². The van der Waals surface area contributed by atoms with Crippen LogP contribution < -0.4 is 36.9 Å². The number of hydrogen-bond acceptors (Lipinski definition) is 10. The van der Waals surface area contributed by atoms with Crippen molar-refractivity contribution in [3.05, 3.63) is 0 Å². The van der Waals surface area contributed by atoms with Crippen LogP contribution in [0.4, 0.5) is 0 Å². The van der Waals surface area contributed by atoms with Crippen molar-refractivity contribution >= 4 is 26.0 Å². The molecule has 0 aromatic heterocycles. The molecule has 0 heterocycles. The van der Waals surface area contributed by atoms with Crippen molar-refractivity contribution in [2.75, 3.05) is 0 Å². The van der Waals surface area contributed by atoms with E-state index in [4.69, 9.17) is 56.0 Å². The Hall–Kier alpha value is -0.150. The minimum atomic E-state index is -4.67. The molecule has 0 unspecified atom stereocenters. The van der Waals surface area contributed by atoms with E-state index in [1.54, 1.807) is 0 Å². The van der Waals surface area contributed by atoms with Gasteiger partial charge in [-0.3, -0.25) is 9.11 Å². The van der Waals surface area contributed by atoms with Gasteiger partial charge in [0.25, 0.3) is 0 Å². The van der Waals surface area contributed by atoms with E-state index >= 15 is 0 Å². The SMILES string of the molecule is N.N.N.N.N.N.O=P(O)(O)O.O=P(O)(O)O.O=S(=O)(O)O. The molecule has 0 aliphatic rings. The smallest absolute Gasteiger partial charge is 0.344 e. The number of hydrogen-bond donors (Lipinski definition) is 14. The summed E-state index contributed by atoms with van der Waals surface area (Å²) >= 11 is 0. The lowest BCUT2D eigenvalue weighted by molar-refractivity contribution is 0.272. The van der Waals surface area contributed by atoms with Gasteiger partial charge in [0.2, 0.25) is 0 Å². The van der Waals surface area contributed by atoms with Crippen molar-refractivity contribution in [2.45, 2.75) is 0 Å². The van der Waals surface area contributed by atoms with Gasteiger partial charge >= 0.3 is 26.0 Å². The largest absolute Gasteiger partial charge is 0.466 e. The minimum absolute atomic E-state index is 0. The van der Waals surface area contributed by atoms with E-state index in [1.807, 2.05) is 0 Å². The molecular weight excluding hydrogens is 370 g/mol. The van der Waals surface area contributed by atoms with Crippen LogP contribution in [0.2, 0.25) is 0 Å². The third-order valence-electron chi connectivity index (χ3n) is 0. The molecule has 0 fully saturated rings. The summed E-state index contributed by atoms with van der Waals surface area (Å²) in [6, 6.07) is 0. The van der Waals surface area contributed by atoms with Crippen LogP contribution in [-0.4, -0.2) is 46.9 Å². The highest BCUT2D eigenvalue weighted by Gasteiger charge is 2.00. The topological polar surface area (TPSA) is 440 Å². The first-order chi connectivity index (χ1) is 6.00. The van der Waals surface area contributed by atoms with Crippen molar-refractivity contribution in [3.8, 4) is 0 Å². The molecule has 0 aromatic carbocycles. The van der Waals surface area contributed by atoms with E-state index in [0.717, 1.165) is 0 Å². The van der Waals surface area contributed by atoms with Crippen LogP contribution in [0.15, 0.2) is 0 Å². The number of phosphoric acid groups is 2. The lowest BCUT2D eigenvalue weighted by Gasteiger charge is -1.82. The van der Waals surface area contributed by atoms with Gasteiger partial charge in [0.05, 0.1) is 0 Å². The van der Waals surface area contributed by atoms with Crippen LogP contribution in [-0.2, 0) is 19.5 Å². The highest BCUT2D eigenvalue weighted by atomic mass is 32.3. The fourth-order valence-electron chi connectivity index (χ4n) is 0. The first-order valence-corrected chi connectivity index (χ1v) is 6.79. The van der Waals surface area contributed by atoms with Gasteiger partial charge in [-0.25, -0.2) is 9.13 Å². The highest BCUT2D eigenvalue weighted by Crippen LogP contribution is 2.26. The highest BCUT2D eigenvalue weighted by molar-refractivity contribution is 7.79. The van der Waals surface area contributed by atoms with Crippen molar-refractivity contribution in [2.24, 2.45) is 0 Å². The van der Waals surface area contributed by atoms with Crippen molar-refractivity contribution in [3.63, 3.8) is 0 Å². The molecule has 18 nitrogen and oxygen atoms in total. The maximum Gasteiger partial charge on any atom is 0.466 e. The van der Waals surface area contributed by atoms with E-state index in [-0.39, 0.29) is 36.9 Å². The summed E-state index contributed by atoms with van der Waals surface area (Å²) in [5.41, 5.74) is 0. The van der Waals surface area contributed by atoms with Gasteiger partial charge in [-0.2, -0.15) is 8.42 Å². The van der Waals surface area contributed by atoms with Gasteiger partial charge in [-0.1, -0.05) is 0 Å². The lowest BCUT2D eigenvalue weighted by atomic mass is 14.0. The quantitative estimate of drug-likeness (QED) is 0.163. The Balaban J connectivity index is -0.0000000129. The average Bonchev–Trinajstić information content (AvgIpc) is 1.41. The molecule has 0 amide bonds. The lowest BCUT2D eigenvalue weighted by Crippen LogP contribution is -1.89. The molecular formula is H26N6O12P2S. The summed E-state index contributed by atoms with van der Waals surface area (Å²) in [6.45, 7) is 0. The molecule has 0 bridgehead atoms. The maximum absolute atomic E-state index is 8.88. The summed E-state index contributed by atoms with van der Waals surface area (Å²) in [5, 5.41) is 0. The summed E-state index contributed by atoms with van der Waals surface area (Å²) in [4.78, 5) is 43.1. The molecule has 21 heavy (non-hydrogen) atoms. The van der Waals surface area contributed by atoms with E-state index in [9.17, 15) is 0 Å². The Morgan fingerprint density at radius 1 is 0.524 bits per heavy atom.